The Bertz CT molecular complexity index is 780. The number of hydrogen-bond acceptors (Lipinski definition) is 5. The van der Waals surface area contributed by atoms with Gasteiger partial charge in [-0.05, 0) is 44.4 Å². The Morgan fingerprint density at radius 2 is 2.04 bits per heavy atom. The number of nitrogens with zero attached hydrogens (tertiary/aromatic N) is 3. The molecule has 0 spiro atoms. The molecule has 152 valence electrons. The van der Waals surface area contributed by atoms with Crippen LogP contribution in [0.1, 0.15) is 57.9 Å². The van der Waals surface area contributed by atoms with Gasteiger partial charge in [-0.2, -0.15) is 0 Å². The number of furan rings is 1. The molecule has 0 atom stereocenters. The van der Waals surface area contributed by atoms with E-state index in [0.717, 1.165) is 30.7 Å². The first-order valence-corrected chi connectivity index (χ1v) is 11.5. The average Bonchev–Trinajstić information content (AvgIpc) is 3.22. The molecule has 2 aromatic rings. The highest BCUT2D eigenvalue weighted by atomic mass is 32.2. The zero-order valence-electron chi connectivity index (χ0n) is 17.0. The minimum Gasteiger partial charge on any atom is -0.468 e. The smallest absolute Gasteiger partial charge is 0.227 e. The highest BCUT2D eigenvalue weighted by molar-refractivity contribution is 7.91. The van der Waals surface area contributed by atoms with Crippen LogP contribution < -0.4 is 0 Å². The van der Waals surface area contributed by atoms with Gasteiger partial charge < -0.3 is 8.98 Å². The van der Waals surface area contributed by atoms with Crippen molar-refractivity contribution in [2.24, 2.45) is 5.92 Å². The molecular weight excluding hydrogens is 362 g/mol. The second-order valence-electron chi connectivity index (χ2n) is 7.64. The molecule has 0 aliphatic carbocycles. The molecule has 0 saturated heterocycles. The minimum atomic E-state index is -3.37. The number of imidazole rings is 1. The lowest BCUT2D eigenvalue weighted by Gasteiger charge is -2.17. The molecule has 0 N–H and O–H groups in total. The SMILES string of the molecule is CCCCn1c(CN(C)Cc2ccco2)cnc1S(=O)(=O)CCCC(C)C. The van der Waals surface area contributed by atoms with Gasteiger partial charge in [-0.25, -0.2) is 13.4 Å². The first-order chi connectivity index (χ1) is 12.8. The van der Waals surface area contributed by atoms with E-state index < -0.39 is 9.84 Å². The highest BCUT2D eigenvalue weighted by Crippen LogP contribution is 2.18. The van der Waals surface area contributed by atoms with E-state index in [9.17, 15) is 8.42 Å². The number of rotatable bonds is 12. The lowest BCUT2D eigenvalue weighted by atomic mass is 10.1. The summed E-state index contributed by atoms with van der Waals surface area (Å²) in [5.74, 6) is 1.56. The van der Waals surface area contributed by atoms with Crippen LogP contribution in [0.5, 0.6) is 0 Å². The van der Waals surface area contributed by atoms with Crippen molar-refractivity contribution in [3.63, 3.8) is 0 Å². The van der Waals surface area contributed by atoms with Crippen molar-refractivity contribution in [2.45, 2.75) is 71.2 Å². The molecule has 27 heavy (non-hydrogen) atoms. The maximum Gasteiger partial charge on any atom is 0.227 e. The van der Waals surface area contributed by atoms with Crippen molar-refractivity contribution in [3.05, 3.63) is 36.0 Å². The first-order valence-electron chi connectivity index (χ1n) is 9.81. The van der Waals surface area contributed by atoms with Crippen LogP contribution in [0.25, 0.3) is 0 Å². The van der Waals surface area contributed by atoms with Crippen LogP contribution >= 0.6 is 0 Å². The van der Waals surface area contributed by atoms with E-state index in [0.29, 0.717) is 32.0 Å². The van der Waals surface area contributed by atoms with Crippen molar-refractivity contribution in [3.8, 4) is 0 Å². The van der Waals surface area contributed by atoms with E-state index in [4.69, 9.17) is 4.42 Å². The topological polar surface area (TPSA) is 68.3 Å². The average molecular weight is 396 g/mol. The summed E-state index contributed by atoms with van der Waals surface area (Å²) in [5, 5.41) is 0.223. The second-order valence-corrected chi connectivity index (χ2v) is 9.65. The van der Waals surface area contributed by atoms with Gasteiger partial charge in [0.05, 0.1) is 30.5 Å². The number of sulfone groups is 1. The van der Waals surface area contributed by atoms with Gasteiger partial charge in [-0.15, -0.1) is 0 Å². The lowest BCUT2D eigenvalue weighted by Crippen LogP contribution is -2.21. The van der Waals surface area contributed by atoms with Crippen molar-refractivity contribution < 1.29 is 12.8 Å². The predicted molar refractivity (Wildman–Crippen MR) is 107 cm³/mol. The van der Waals surface area contributed by atoms with Gasteiger partial charge >= 0.3 is 0 Å². The van der Waals surface area contributed by atoms with Crippen LogP contribution in [-0.4, -0.2) is 35.7 Å². The molecule has 2 rings (SSSR count). The van der Waals surface area contributed by atoms with E-state index in [1.165, 1.54) is 0 Å². The van der Waals surface area contributed by atoms with Crippen LogP contribution in [0.2, 0.25) is 0 Å². The van der Waals surface area contributed by atoms with E-state index in [-0.39, 0.29) is 10.9 Å². The van der Waals surface area contributed by atoms with E-state index in [2.05, 4.69) is 30.7 Å². The Hall–Kier alpha value is -1.60. The Balaban J connectivity index is 2.15. The fourth-order valence-electron chi connectivity index (χ4n) is 3.10. The van der Waals surface area contributed by atoms with Gasteiger partial charge in [0.1, 0.15) is 5.76 Å². The van der Waals surface area contributed by atoms with Crippen molar-refractivity contribution in [1.82, 2.24) is 14.5 Å². The Morgan fingerprint density at radius 3 is 2.67 bits per heavy atom. The maximum atomic E-state index is 12.8. The Morgan fingerprint density at radius 1 is 1.26 bits per heavy atom. The summed E-state index contributed by atoms with van der Waals surface area (Å²) in [6.07, 6.45) is 6.90. The molecule has 0 aromatic carbocycles. The number of unbranched alkanes of at least 4 members (excludes halogenated alkanes) is 1. The van der Waals surface area contributed by atoms with Crippen molar-refractivity contribution in [2.75, 3.05) is 12.8 Å². The van der Waals surface area contributed by atoms with E-state index in [1.807, 2.05) is 23.7 Å². The van der Waals surface area contributed by atoms with Crippen LogP contribution in [0.15, 0.2) is 34.2 Å². The summed E-state index contributed by atoms with van der Waals surface area (Å²) in [6.45, 7) is 8.31. The Kier molecular flexibility index (Phi) is 8.10. The van der Waals surface area contributed by atoms with Crippen LogP contribution in [0.3, 0.4) is 0 Å². The molecule has 6 nitrogen and oxygen atoms in total. The lowest BCUT2D eigenvalue weighted by molar-refractivity contribution is 0.279. The maximum absolute atomic E-state index is 12.8. The molecule has 0 bridgehead atoms. The predicted octanol–water partition coefficient (Wildman–Crippen LogP) is 4.12. The molecular formula is C20H33N3O3S. The first kappa shape index (κ1) is 21.7. The van der Waals surface area contributed by atoms with Gasteiger partial charge in [-0.1, -0.05) is 27.2 Å². The number of aromatic nitrogens is 2. The van der Waals surface area contributed by atoms with Gasteiger partial charge in [0.15, 0.2) is 0 Å². The third kappa shape index (κ3) is 6.50. The van der Waals surface area contributed by atoms with Crippen LogP contribution in [0.4, 0.5) is 0 Å². The van der Waals surface area contributed by atoms with Gasteiger partial charge in [0.2, 0.25) is 15.0 Å². The minimum absolute atomic E-state index is 0.163. The second kappa shape index (κ2) is 10.1. The van der Waals surface area contributed by atoms with E-state index in [1.54, 1.807) is 12.5 Å². The summed E-state index contributed by atoms with van der Waals surface area (Å²) in [6, 6.07) is 3.81. The fraction of sp³-hybridized carbons (Fsp3) is 0.650. The monoisotopic (exact) mass is 395 g/mol. The molecule has 0 radical (unpaired) electrons. The quantitative estimate of drug-likeness (QED) is 0.541. The zero-order chi connectivity index (χ0) is 19.9. The van der Waals surface area contributed by atoms with Gasteiger partial charge in [0, 0.05) is 13.1 Å². The molecule has 0 fully saturated rings. The normalized spacial score (nSPS) is 12.4. The molecule has 0 unspecified atom stereocenters. The van der Waals surface area contributed by atoms with E-state index >= 15 is 0 Å². The van der Waals surface area contributed by atoms with Crippen LogP contribution in [0, 0.1) is 5.92 Å². The van der Waals surface area contributed by atoms with Crippen LogP contribution in [-0.2, 0) is 29.5 Å². The molecule has 0 aliphatic heterocycles. The third-order valence-corrected chi connectivity index (χ3v) is 6.26. The largest absolute Gasteiger partial charge is 0.468 e. The molecule has 0 aliphatic rings. The summed E-state index contributed by atoms with van der Waals surface area (Å²) < 4.78 is 33.0. The zero-order valence-corrected chi connectivity index (χ0v) is 17.8. The third-order valence-electron chi connectivity index (χ3n) is 4.55. The highest BCUT2D eigenvalue weighted by Gasteiger charge is 2.23. The fourth-order valence-corrected chi connectivity index (χ4v) is 4.58. The summed E-state index contributed by atoms with van der Waals surface area (Å²) in [7, 11) is -1.37. The standard InChI is InChI=1S/C20H33N3O3S/c1-5-6-11-23-18(15-22(4)16-19-10-7-12-26-19)14-21-20(23)27(24,25)13-8-9-17(2)3/h7,10,12,14,17H,5-6,8-9,11,13,15-16H2,1-4H3. The van der Waals surface area contributed by atoms with Gasteiger partial charge in [-0.3, -0.25) is 4.90 Å². The summed E-state index contributed by atoms with van der Waals surface area (Å²) in [5.41, 5.74) is 0.931. The summed E-state index contributed by atoms with van der Waals surface area (Å²) in [4.78, 5) is 6.42. The van der Waals surface area contributed by atoms with Crippen molar-refractivity contribution in [1.29, 1.82) is 0 Å². The Labute approximate surface area is 163 Å². The number of hydrogen-bond donors (Lipinski definition) is 0. The summed E-state index contributed by atoms with van der Waals surface area (Å²) >= 11 is 0. The molecule has 0 saturated carbocycles. The van der Waals surface area contributed by atoms with Crippen molar-refractivity contribution >= 4 is 9.84 Å². The molecule has 2 aromatic heterocycles. The molecule has 2 heterocycles. The van der Waals surface area contributed by atoms with Gasteiger partial charge in [0.25, 0.3) is 0 Å². The molecule has 0 amide bonds. The molecule has 7 heteroatoms.